The van der Waals surface area contributed by atoms with Crippen LogP contribution in [0.1, 0.15) is 20.6 Å². The van der Waals surface area contributed by atoms with Gasteiger partial charge in [-0.25, -0.2) is 0 Å². The smallest absolute Gasteiger partial charge is 0.135 e. The largest absolute Gasteiger partial charge is 0.456 e. The average molecular weight is 629 g/mol. The molecule has 0 spiro atoms. The van der Waals surface area contributed by atoms with E-state index in [9.17, 15) is 6.85 Å². The molecule has 8 aromatic carbocycles. The van der Waals surface area contributed by atoms with Crippen LogP contribution in [0.3, 0.4) is 0 Å². The summed E-state index contributed by atoms with van der Waals surface area (Å²) in [5.74, 6) is 0. The molecule has 0 atom stereocenters. The number of benzene rings is 8. The predicted molar refractivity (Wildman–Crippen MR) is 202 cm³/mol. The summed E-state index contributed by atoms with van der Waals surface area (Å²) in [5.41, 5.74) is 1.39. The Labute approximate surface area is 300 Å². The van der Waals surface area contributed by atoms with Crippen molar-refractivity contribution in [2.75, 3.05) is 4.90 Å². The molecule has 9 rings (SSSR count). The Kier molecular flexibility index (Phi) is 4.03. The van der Waals surface area contributed by atoms with E-state index in [0.717, 1.165) is 21.9 Å². The molecule has 1 aromatic heterocycles. The highest BCUT2D eigenvalue weighted by Gasteiger charge is 2.17. The van der Waals surface area contributed by atoms with Gasteiger partial charge in [0.1, 0.15) is 11.2 Å². The Morgan fingerprint density at radius 1 is 0.417 bits per heavy atom. The Balaban J connectivity index is 1.35. The maximum absolute atomic E-state index is 9.57. The van der Waals surface area contributed by atoms with Crippen LogP contribution in [0.15, 0.2) is 192 Å². The van der Waals surface area contributed by atoms with Gasteiger partial charge < -0.3 is 9.32 Å². The first kappa shape index (κ1) is 16.4. The lowest BCUT2D eigenvalue weighted by atomic mass is 9.95. The van der Waals surface area contributed by atoms with Crippen LogP contribution in [-0.4, -0.2) is 0 Å². The van der Waals surface area contributed by atoms with Crippen molar-refractivity contribution >= 4 is 49.8 Å². The second-order valence-electron chi connectivity index (χ2n) is 11.0. The highest BCUT2D eigenvalue weighted by atomic mass is 16.3. The zero-order valence-electron chi connectivity index (χ0n) is 40.1. The third-order valence-electron chi connectivity index (χ3n) is 8.10. The summed E-state index contributed by atoms with van der Waals surface area (Å²) in [7, 11) is 0. The molecule has 0 aliphatic heterocycles. The molecular weight excluding hydrogens is 583 g/mol. The minimum absolute atomic E-state index is 0.184. The van der Waals surface area contributed by atoms with E-state index in [4.69, 9.17) is 18.1 Å². The van der Waals surface area contributed by atoms with E-state index in [1.807, 2.05) is 72.8 Å². The minimum Gasteiger partial charge on any atom is -0.456 e. The monoisotopic (exact) mass is 628 g/mol. The third-order valence-corrected chi connectivity index (χ3v) is 8.10. The first-order chi connectivity index (χ1) is 30.0. The lowest BCUT2D eigenvalue weighted by Crippen LogP contribution is -2.10. The fraction of sp³-hybridized carbons (Fsp3) is 0. The molecule has 0 saturated carbocycles. The van der Waals surface area contributed by atoms with E-state index in [0.29, 0.717) is 22.5 Å². The third kappa shape index (κ3) is 5.01. The maximum atomic E-state index is 9.57. The van der Waals surface area contributed by atoms with Crippen LogP contribution >= 0.6 is 0 Å². The van der Waals surface area contributed by atoms with Crippen molar-refractivity contribution in [3.63, 3.8) is 0 Å². The molecule has 0 aliphatic rings. The van der Waals surface area contributed by atoms with E-state index < -0.39 is 124 Å². The molecular formula is C46H31NO. The second kappa shape index (κ2) is 11.8. The Morgan fingerprint density at radius 3 is 2.04 bits per heavy atom. The van der Waals surface area contributed by atoms with Gasteiger partial charge in [-0.3, -0.25) is 0 Å². The number of rotatable bonds is 6. The van der Waals surface area contributed by atoms with Crippen molar-refractivity contribution in [2.45, 2.75) is 0 Å². The first-order valence-corrected chi connectivity index (χ1v) is 15.1. The minimum atomic E-state index is -0.784. The van der Waals surface area contributed by atoms with Crippen LogP contribution in [0.5, 0.6) is 0 Å². The summed E-state index contributed by atoms with van der Waals surface area (Å²) in [6.07, 6.45) is 0. The van der Waals surface area contributed by atoms with Gasteiger partial charge in [-0.1, -0.05) is 133 Å². The molecule has 0 saturated heterocycles. The fourth-order valence-corrected chi connectivity index (χ4v) is 5.85. The summed E-state index contributed by atoms with van der Waals surface area (Å²) >= 11 is 0. The first-order valence-electron chi connectivity index (χ1n) is 22.6. The molecule has 2 nitrogen and oxygen atoms in total. The highest BCUT2D eigenvalue weighted by molar-refractivity contribution is 6.06. The van der Waals surface area contributed by atoms with E-state index in [1.165, 1.54) is 0 Å². The summed E-state index contributed by atoms with van der Waals surface area (Å²) in [4.78, 5) is 1.59. The van der Waals surface area contributed by atoms with Crippen LogP contribution in [0.2, 0.25) is 0 Å². The molecule has 0 fully saturated rings. The molecule has 48 heavy (non-hydrogen) atoms. The topological polar surface area (TPSA) is 16.4 Å². The molecule has 0 radical (unpaired) electrons. The molecule has 0 unspecified atom stereocenters. The van der Waals surface area contributed by atoms with Crippen LogP contribution in [0.25, 0.3) is 66.1 Å². The van der Waals surface area contributed by atoms with Gasteiger partial charge in [0.2, 0.25) is 0 Å². The lowest BCUT2D eigenvalue weighted by molar-refractivity contribution is 0.669. The Morgan fingerprint density at radius 2 is 1.17 bits per heavy atom. The van der Waals surface area contributed by atoms with E-state index in [-0.39, 0.29) is 5.69 Å². The van der Waals surface area contributed by atoms with Gasteiger partial charge in [0.15, 0.2) is 0 Å². The van der Waals surface area contributed by atoms with Crippen molar-refractivity contribution < 1.29 is 25.0 Å². The van der Waals surface area contributed by atoms with Crippen molar-refractivity contribution in [3.05, 3.63) is 188 Å². The number of para-hydroxylation sites is 1. The van der Waals surface area contributed by atoms with Gasteiger partial charge in [0.05, 0.1) is 20.6 Å². The van der Waals surface area contributed by atoms with Gasteiger partial charge in [-0.2, -0.15) is 0 Å². The number of nitrogens with zero attached hydrogens (tertiary/aromatic N) is 1. The average Bonchev–Trinajstić information content (AvgIpc) is 3.67. The molecule has 0 aliphatic carbocycles. The number of hydrogen-bond acceptors (Lipinski definition) is 2. The zero-order chi connectivity index (χ0) is 44.9. The Hall–Kier alpha value is -6.38. The molecule has 1 heterocycles. The zero-order valence-corrected chi connectivity index (χ0v) is 25.1. The number of hydrogen-bond donors (Lipinski definition) is 0. The predicted octanol–water partition coefficient (Wildman–Crippen LogP) is 13.2. The van der Waals surface area contributed by atoms with Crippen molar-refractivity contribution in [3.8, 4) is 33.4 Å². The van der Waals surface area contributed by atoms with Gasteiger partial charge in [-0.05, 0) is 98.7 Å². The standard InChI is InChI=1S/C46H31NO/c1-3-11-32(12-4-1)36-16-9-17-39(29-36)47(40-27-28-46-44(31-40)42-18-7-8-20-45(42)48-46)38-25-23-33(24-26-38)37-22-21-35-15-10-19-41(43(35)30-37)34-13-5-2-6-14-34/h1-31H/i2D,5D,6D,10D,13D,14D,15D,19D,21D,22D,23D,24D,25D,26D,30D. The highest BCUT2D eigenvalue weighted by Crippen LogP contribution is 2.41. The van der Waals surface area contributed by atoms with E-state index >= 15 is 0 Å². The van der Waals surface area contributed by atoms with Crippen molar-refractivity contribution in [1.29, 1.82) is 0 Å². The molecule has 0 bridgehead atoms. The molecule has 2 heteroatoms. The Bertz CT molecular complexity index is 3360. The molecule has 0 amide bonds. The van der Waals surface area contributed by atoms with Crippen LogP contribution in [-0.2, 0) is 0 Å². The summed E-state index contributed by atoms with van der Waals surface area (Å²) in [5, 5.41) is 0.554. The van der Waals surface area contributed by atoms with Crippen molar-refractivity contribution in [1.82, 2.24) is 0 Å². The maximum Gasteiger partial charge on any atom is 0.135 e. The number of fused-ring (bicyclic) bond motifs is 4. The second-order valence-corrected chi connectivity index (χ2v) is 11.0. The number of anilines is 3. The van der Waals surface area contributed by atoms with E-state index in [1.54, 1.807) is 29.2 Å². The van der Waals surface area contributed by atoms with Crippen LogP contribution in [0.4, 0.5) is 17.1 Å². The summed E-state index contributed by atoms with van der Waals surface area (Å²) < 4.78 is 140. The lowest BCUT2D eigenvalue weighted by Gasteiger charge is -2.26. The molecule has 9 aromatic rings. The fourth-order valence-electron chi connectivity index (χ4n) is 5.85. The normalized spacial score (nSPS) is 15.7. The summed E-state index contributed by atoms with van der Waals surface area (Å²) in [6.45, 7) is 0. The van der Waals surface area contributed by atoms with Crippen LogP contribution in [0, 0.1) is 0 Å². The van der Waals surface area contributed by atoms with Crippen molar-refractivity contribution in [2.24, 2.45) is 0 Å². The SMILES string of the molecule is [2H]c1c([2H])c([2H])c(-c2c([2H])c([2H])c([2H])c3c([2H])c([2H])c(-c4c([2H])c([2H])c(N(c5cccc(-c6ccccc6)c5)c5ccc6oc7ccccc7c6c5)c([2H])c4[2H])c([2H])c23)c([2H])c1[2H]. The summed E-state index contributed by atoms with van der Waals surface area (Å²) in [6, 6.07) is 18.7. The molecule has 0 N–H and O–H groups in total. The van der Waals surface area contributed by atoms with Gasteiger partial charge in [-0.15, -0.1) is 0 Å². The van der Waals surface area contributed by atoms with Gasteiger partial charge >= 0.3 is 0 Å². The molecule has 226 valence electrons. The van der Waals surface area contributed by atoms with Gasteiger partial charge in [0, 0.05) is 27.8 Å². The quantitative estimate of drug-likeness (QED) is 0.182. The number of furan rings is 1. The van der Waals surface area contributed by atoms with E-state index in [2.05, 4.69) is 0 Å². The van der Waals surface area contributed by atoms with Gasteiger partial charge in [0.25, 0.3) is 0 Å². The van der Waals surface area contributed by atoms with Crippen LogP contribution < -0.4 is 4.90 Å².